The van der Waals surface area contributed by atoms with Crippen molar-refractivity contribution >= 4 is 10.9 Å². The number of hydrogen-bond acceptors (Lipinski definition) is 3. The van der Waals surface area contributed by atoms with E-state index in [2.05, 4.69) is 22.4 Å². The Balaban J connectivity index is 1.91. The molecule has 19 heavy (non-hydrogen) atoms. The van der Waals surface area contributed by atoms with Crippen molar-refractivity contribution in [3.05, 3.63) is 42.1 Å². The summed E-state index contributed by atoms with van der Waals surface area (Å²) < 4.78 is 0. The quantitative estimate of drug-likeness (QED) is 0.868. The van der Waals surface area contributed by atoms with Crippen LogP contribution in [0.4, 0.5) is 0 Å². The molecule has 3 nitrogen and oxygen atoms in total. The molecular weight excluding hydrogens is 236 g/mol. The Labute approximate surface area is 113 Å². The molecule has 3 heteroatoms. The summed E-state index contributed by atoms with van der Waals surface area (Å²) in [7, 11) is 1.99. The Morgan fingerprint density at radius 1 is 1.26 bits per heavy atom. The van der Waals surface area contributed by atoms with Crippen LogP contribution >= 0.6 is 0 Å². The van der Waals surface area contributed by atoms with E-state index in [0.717, 1.165) is 42.1 Å². The lowest BCUT2D eigenvalue weighted by molar-refractivity contribution is -0.00777. The average molecular weight is 256 g/mol. The van der Waals surface area contributed by atoms with Gasteiger partial charge in [-0.05, 0) is 44.9 Å². The number of rotatable bonds is 2. The monoisotopic (exact) mass is 256 g/mol. The van der Waals surface area contributed by atoms with Crippen LogP contribution in [0, 0.1) is 0 Å². The first kappa shape index (κ1) is 12.6. The number of nitrogens with zero attached hydrogens (tertiary/aromatic N) is 1. The van der Waals surface area contributed by atoms with E-state index in [1.165, 1.54) is 0 Å². The number of aromatic nitrogens is 1. The third-order valence-electron chi connectivity index (χ3n) is 4.35. The Hall–Kier alpha value is -1.45. The van der Waals surface area contributed by atoms with Gasteiger partial charge in [0.05, 0.1) is 11.1 Å². The Kier molecular flexibility index (Phi) is 3.25. The third-order valence-corrected chi connectivity index (χ3v) is 4.35. The van der Waals surface area contributed by atoms with Crippen molar-refractivity contribution in [1.29, 1.82) is 0 Å². The summed E-state index contributed by atoms with van der Waals surface area (Å²) in [6.45, 7) is 0. The topological polar surface area (TPSA) is 45.1 Å². The van der Waals surface area contributed by atoms with Crippen molar-refractivity contribution in [1.82, 2.24) is 10.3 Å². The molecule has 0 spiro atoms. The highest BCUT2D eigenvalue weighted by Crippen LogP contribution is 2.37. The van der Waals surface area contributed by atoms with Crippen molar-refractivity contribution in [2.45, 2.75) is 37.3 Å². The SMILES string of the molecule is CNC1CCC(O)(c2cnc3ccccc3c2)CC1. The van der Waals surface area contributed by atoms with Crippen LogP contribution in [0.1, 0.15) is 31.2 Å². The van der Waals surface area contributed by atoms with Crippen molar-refractivity contribution in [3.8, 4) is 0 Å². The molecule has 2 N–H and O–H groups in total. The van der Waals surface area contributed by atoms with Gasteiger partial charge in [-0.15, -0.1) is 0 Å². The second-order valence-corrected chi connectivity index (χ2v) is 5.51. The predicted molar refractivity (Wildman–Crippen MR) is 77.0 cm³/mol. The van der Waals surface area contributed by atoms with Gasteiger partial charge in [0.2, 0.25) is 0 Å². The minimum Gasteiger partial charge on any atom is -0.385 e. The van der Waals surface area contributed by atoms with Gasteiger partial charge in [-0.25, -0.2) is 0 Å². The van der Waals surface area contributed by atoms with Crippen LogP contribution in [-0.2, 0) is 5.60 Å². The zero-order valence-corrected chi connectivity index (χ0v) is 11.3. The lowest BCUT2D eigenvalue weighted by atomic mass is 9.78. The lowest BCUT2D eigenvalue weighted by Gasteiger charge is -2.36. The maximum atomic E-state index is 10.8. The predicted octanol–water partition coefficient (Wildman–Crippen LogP) is 2.58. The molecule has 1 aliphatic rings. The largest absolute Gasteiger partial charge is 0.385 e. The minimum absolute atomic E-state index is 0.536. The molecule has 1 fully saturated rings. The zero-order valence-electron chi connectivity index (χ0n) is 11.3. The molecule has 0 bridgehead atoms. The molecule has 1 saturated carbocycles. The van der Waals surface area contributed by atoms with Gasteiger partial charge in [0.25, 0.3) is 0 Å². The highest BCUT2D eigenvalue weighted by Gasteiger charge is 2.34. The first-order valence-corrected chi connectivity index (χ1v) is 6.96. The number of nitrogens with one attached hydrogen (secondary N) is 1. The van der Waals surface area contributed by atoms with Gasteiger partial charge < -0.3 is 10.4 Å². The minimum atomic E-state index is -0.704. The van der Waals surface area contributed by atoms with Crippen LogP contribution in [0.3, 0.4) is 0 Å². The summed E-state index contributed by atoms with van der Waals surface area (Å²) in [5.74, 6) is 0. The van der Waals surface area contributed by atoms with Crippen molar-refractivity contribution < 1.29 is 5.11 Å². The smallest absolute Gasteiger partial charge is 0.0912 e. The Morgan fingerprint density at radius 3 is 2.74 bits per heavy atom. The summed E-state index contributed by atoms with van der Waals surface area (Å²) in [5, 5.41) is 15.2. The van der Waals surface area contributed by atoms with E-state index in [4.69, 9.17) is 0 Å². The lowest BCUT2D eigenvalue weighted by Crippen LogP contribution is -2.38. The van der Waals surface area contributed by atoms with Crippen molar-refractivity contribution in [2.75, 3.05) is 7.05 Å². The van der Waals surface area contributed by atoms with E-state index in [1.807, 2.05) is 31.4 Å². The van der Waals surface area contributed by atoms with Crippen molar-refractivity contribution in [3.63, 3.8) is 0 Å². The summed E-state index contributed by atoms with van der Waals surface area (Å²) in [5.41, 5.74) is 1.24. The molecule has 0 saturated heterocycles. The van der Waals surface area contributed by atoms with E-state index in [-0.39, 0.29) is 0 Å². The fraction of sp³-hybridized carbons (Fsp3) is 0.438. The Bertz CT molecular complexity index is 574. The molecule has 0 radical (unpaired) electrons. The number of fused-ring (bicyclic) bond motifs is 1. The van der Waals surface area contributed by atoms with E-state index < -0.39 is 5.60 Å². The highest BCUT2D eigenvalue weighted by molar-refractivity contribution is 5.78. The van der Waals surface area contributed by atoms with Crippen LogP contribution in [0.15, 0.2) is 36.5 Å². The first-order chi connectivity index (χ1) is 9.21. The van der Waals surface area contributed by atoms with E-state index in [0.29, 0.717) is 6.04 Å². The van der Waals surface area contributed by atoms with Gasteiger partial charge in [-0.1, -0.05) is 18.2 Å². The van der Waals surface area contributed by atoms with Gasteiger partial charge in [0, 0.05) is 23.2 Å². The average Bonchev–Trinajstić information content (AvgIpc) is 2.47. The van der Waals surface area contributed by atoms with Gasteiger partial charge in [-0.3, -0.25) is 4.98 Å². The third kappa shape index (κ3) is 2.36. The van der Waals surface area contributed by atoms with Crippen LogP contribution in [0.2, 0.25) is 0 Å². The molecule has 2 aromatic rings. The second kappa shape index (κ2) is 4.91. The fourth-order valence-electron chi connectivity index (χ4n) is 3.00. The van der Waals surface area contributed by atoms with Gasteiger partial charge in [-0.2, -0.15) is 0 Å². The van der Waals surface area contributed by atoms with Gasteiger partial charge in [0.1, 0.15) is 0 Å². The van der Waals surface area contributed by atoms with E-state index >= 15 is 0 Å². The number of hydrogen-bond donors (Lipinski definition) is 2. The fourth-order valence-corrected chi connectivity index (χ4v) is 3.00. The number of pyridine rings is 1. The van der Waals surface area contributed by atoms with Crippen LogP contribution in [-0.4, -0.2) is 23.2 Å². The second-order valence-electron chi connectivity index (χ2n) is 5.51. The summed E-state index contributed by atoms with van der Waals surface area (Å²) >= 11 is 0. The van der Waals surface area contributed by atoms with E-state index in [1.54, 1.807) is 0 Å². The van der Waals surface area contributed by atoms with Gasteiger partial charge in [0.15, 0.2) is 0 Å². The number of para-hydroxylation sites is 1. The molecule has 3 rings (SSSR count). The number of aliphatic hydroxyl groups is 1. The highest BCUT2D eigenvalue weighted by atomic mass is 16.3. The van der Waals surface area contributed by atoms with Gasteiger partial charge >= 0.3 is 0 Å². The molecule has 1 aromatic carbocycles. The van der Waals surface area contributed by atoms with Crippen molar-refractivity contribution in [2.24, 2.45) is 0 Å². The maximum absolute atomic E-state index is 10.8. The zero-order chi connectivity index (χ0) is 13.3. The summed E-state index contributed by atoms with van der Waals surface area (Å²) in [6.07, 6.45) is 5.47. The first-order valence-electron chi connectivity index (χ1n) is 6.96. The van der Waals surface area contributed by atoms with Crippen LogP contribution < -0.4 is 5.32 Å². The summed E-state index contributed by atoms with van der Waals surface area (Å²) in [6, 6.07) is 10.7. The number of benzene rings is 1. The molecule has 0 atom stereocenters. The molecular formula is C16H20N2O. The molecule has 1 aliphatic carbocycles. The van der Waals surface area contributed by atoms with Crippen LogP contribution in [0.5, 0.6) is 0 Å². The molecule has 0 aliphatic heterocycles. The Morgan fingerprint density at radius 2 is 2.00 bits per heavy atom. The van der Waals surface area contributed by atoms with Crippen LogP contribution in [0.25, 0.3) is 10.9 Å². The standard InChI is InChI=1S/C16H20N2O/c1-17-14-6-8-16(19,9-7-14)13-10-12-4-2-3-5-15(12)18-11-13/h2-5,10-11,14,17,19H,6-9H2,1H3. The molecule has 1 heterocycles. The molecule has 0 amide bonds. The molecule has 1 aromatic heterocycles. The molecule has 0 unspecified atom stereocenters. The normalized spacial score (nSPS) is 27.6. The maximum Gasteiger partial charge on any atom is 0.0912 e. The molecule has 100 valence electrons. The van der Waals surface area contributed by atoms with E-state index in [9.17, 15) is 5.11 Å². The summed E-state index contributed by atoms with van der Waals surface area (Å²) in [4.78, 5) is 4.47.